The molecular weight excluding hydrogens is 114 g/mol. The first-order valence-corrected chi connectivity index (χ1v) is 3.70. The highest BCUT2D eigenvalue weighted by Crippen LogP contribution is 2.12. The van der Waals surface area contributed by atoms with Gasteiger partial charge in [0.25, 0.3) is 0 Å². The Kier molecular flexibility index (Phi) is 1.09. The van der Waals surface area contributed by atoms with Gasteiger partial charge in [-0.2, -0.15) is 0 Å². The summed E-state index contributed by atoms with van der Waals surface area (Å²) in [5, 5.41) is 0. The number of quaternary nitrogens is 1. The third-order valence-corrected chi connectivity index (χ3v) is 2.45. The lowest BCUT2D eigenvalue weighted by atomic mass is 10.0. The molecule has 0 amide bonds. The lowest BCUT2D eigenvalue weighted by Gasteiger charge is -2.16. The summed E-state index contributed by atoms with van der Waals surface area (Å²) >= 11 is 0. The Labute approximate surface area is 54.8 Å². The Morgan fingerprint density at radius 1 is 1.56 bits per heavy atom. The topological polar surface area (TPSA) is 21.5 Å². The van der Waals surface area contributed by atoms with E-state index in [0.717, 1.165) is 18.9 Å². The lowest BCUT2D eigenvalue weighted by Crippen LogP contribution is -3.12. The van der Waals surface area contributed by atoms with E-state index in [2.05, 4.69) is 0 Å². The molecule has 0 aliphatic carbocycles. The van der Waals surface area contributed by atoms with Crippen LogP contribution in [0.4, 0.5) is 0 Å². The van der Waals surface area contributed by atoms with Gasteiger partial charge in [-0.05, 0) is 0 Å². The predicted octanol–water partition coefficient (Wildman–Crippen LogP) is -1.14. The normalized spacial score (nSPS) is 41.6. The second-order valence-electron chi connectivity index (χ2n) is 3.28. The van der Waals surface area contributed by atoms with Gasteiger partial charge in [-0.1, -0.05) is 0 Å². The first-order valence-electron chi connectivity index (χ1n) is 3.70. The van der Waals surface area contributed by atoms with Crippen LogP contribution in [0.5, 0.6) is 0 Å². The van der Waals surface area contributed by atoms with Gasteiger partial charge in [-0.25, -0.2) is 0 Å². The van der Waals surface area contributed by atoms with Crippen LogP contribution in [0.15, 0.2) is 0 Å². The summed E-state index contributed by atoms with van der Waals surface area (Å²) in [6, 6.07) is 0. The highest BCUT2D eigenvalue weighted by atomic mass is 16.1. The maximum absolute atomic E-state index is 10.9. The van der Waals surface area contributed by atoms with Gasteiger partial charge >= 0.3 is 0 Å². The second-order valence-corrected chi connectivity index (χ2v) is 3.28. The zero-order valence-corrected chi connectivity index (χ0v) is 5.52. The molecule has 2 nitrogen and oxygen atoms in total. The number of fused-ring (bicyclic) bond motifs is 2. The number of ketones is 1. The average Bonchev–Trinajstić information content (AvgIpc) is 2.11. The summed E-state index contributed by atoms with van der Waals surface area (Å²) < 4.78 is 0. The molecule has 2 bridgehead atoms. The number of hydrogen-bond acceptors (Lipinski definition) is 1. The summed E-state index contributed by atoms with van der Waals surface area (Å²) in [6.07, 6.45) is 2.17. The molecule has 2 fully saturated rings. The minimum absolute atomic E-state index is 0.485. The van der Waals surface area contributed by atoms with Crippen LogP contribution in [0.1, 0.15) is 12.8 Å². The van der Waals surface area contributed by atoms with E-state index in [1.807, 2.05) is 0 Å². The van der Waals surface area contributed by atoms with E-state index >= 15 is 0 Å². The maximum Gasteiger partial charge on any atom is 0.187 e. The van der Waals surface area contributed by atoms with Crippen LogP contribution in [0.2, 0.25) is 0 Å². The molecule has 2 aliphatic rings. The Hall–Kier alpha value is -0.370. The smallest absolute Gasteiger partial charge is 0.187 e. The quantitative estimate of drug-likeness (QED) is 0.435. The SMILES string of the molecule is O=C1C[C@H]2CC[NH+](C1)C2. The fourth-order valence-electron chi connectivity index (χ4n) is 2.03. The molecular formula is C7H12NO+. The molecule has 0 radical (unpaired) electrons. The molecule has 2 rings (SSSR count). The minimum Gasteiger partial charge on any atom is -0.329 e. The van der Waals surface area contributed by atoms with E-state index in [1.165, 1.54) is 24.4 Å². The van der Waals surface area contributed by atoms with Crippen molar-refractivity contribution in [2.75, 3.05) is 19.6 Å². The fourth-order valence-corrected chi connectivity index (χ4v) is 2.03. The van der Waals surface area contributed by atoms with Crippen molar-refractivity contribution in [3.05, 3.63) is 0 Å². The third-order valence-electron chi connectivity index (χ3n) is 2.45. The molecule has 9 heavy (non-hydrogen) atoms. The predicted molar refractivity (Wildman–Crippen MR) is 33.3 cm³/mol. The van der Waals surface area contributed by atoms with Gasteiger partial charge in [0.2, 0.25) is 0 Å². The highest BCUT2D eigenvalue weighted by Gasteiger charge is 2.34. The van der Waals surface area contributed by atoms with Crippen LogP contribution in [0.25, 0.3) is 0 Å². The van der Waals surface area contributed by atoms with Crippen molar-refractivity contribution in [2.24, 2.45) is 5.92 Å². The number of carbonyl (C=O) groups excluding carboxylic acids is 1. The Morgan fingerprint density at radius 2 is 2.44 bits per heavy atom. The Morgan fingerprint density at radius 3 is 3.22 bits per heavy atom. The van der Waals surface area contributed by atoms with Gasteiger partial charge in [0, 0.05) is 18.8 Å². The molecule has 2 heteroatoms. The largest absolute Gasteiger partial charge is 0.329 e. The molecule has 2 saturated heterocycles. The summed E-state index contributed by atoms with van der Waals surface area (Å²) in [6.45, 7) is 3.33. The monoisotopic (exact) mass is 126 g/mol. The van der Waals surface area contributed by atoms with Crippen LogP contribution < -0.4 is 4.90 Å². The van der Waals surface area contributed by atoms with Crippen molar-refractivity contribution in [1.82, 2.24) is 0 Å². The number of piperidine rings is 1. The number of rotatable bonds is 0. The molecule has 2 aliphatic heterocycles. The first-order chi connectivity index (χ1) is 4.34. The number of hydrogen-bond donors (Lipinski definition) is 1. The van der Waals surface area contributed by atoms with Crippen molar-refractivity contribution in [3.63, 3.8) is 0 Å². The summed E-state index contributed by atoms with van der Waals surface area (Å²) in [4.78, 5) is 12.4. The molecule has 0 saturated carbocycles. The second kappa shape index (κ2) is 1.81. The molecule has 0 aromatic carbocycles. The van der Waals surface area contributed by atoms with Gasteiger partial charge in [-0.3, -0.25) is 4.79 Å². The standard InChI is InChI=1S/C7H11NO/c9-7-3-6-1-2-8(4-6)5-7/h6H,1-5H2/p+1/t6-/m1/s1. The van der Waals surface area contributed by atoms with Crippen molar-refractivity contribution in [2.45, 2.75) is 12.8 Å². The van der Waals surface area contributed by atoms with Gasteiger partial charge in [0.15, 0.2) is 5.78 Å². The molecule has 0 aromatic rings. The fraction of sp³-hybridized carbons (Fsp3) is 0.857. The van der Waals surface area contributed by atoms with Crippen LogP contribution >= 0.6 is 0 Å². The zero-order chi connectivity index (χ0) is 6.27. The van der Waals surface area contributed by atoms with Gasteiger partial charge < -0.3 is 4.90 Å². The van der Waals surface area contributed by atoms with Crippen molar-refractivity contribution in [1.29, 1.82) is 0 Å². The minimum atomic E-state index is 0.485. The van der Waals surface area contributed by atoms with Crippen LogP contribution in [0.3, 0.4) is 0 Å². The van der Waals surface area contributed by atoms with Gasteiger partial charge in [0.05, 0.1) is 13.1 Å². The molecule has 2 atom stereocenters. The molecule has 0 aromatic heterocycles. The molecule has 0 spiro atoms. The van der Waals surface area contributed by atoms with E-state index in [4.69, 9.17) is 0 Å². The number of nitrogens with one attached hydrogen (secondary N) is 1. The zero-order valence-electron chi connectivity index (χ0n) is 5.52. The van der Waals surface area contributed by atoms with E-state index < -0.39 is 0 Å². The molecule has 50 valence electrons. The molecule has 1 N–H and O–H groups in total. The average molecular weight is 126 g/mol. The molecule has 2 heterocycles. The van der Waals surface area contributed by atoms with Crippen molar-refractivity contribution in [3.8, 4) is 0 Å². The Balaban J connectivity index is 2.11. The Bertz CT molecular complexity index is 130. The van der Waals surface area contributed by atoms with E-state index in [0.29, 0.717) is 5.78 Å². The van der Waals surface area contributed by atoms with Crippen LogP contribution in [0, 0.1) is 5.92 Å². The lowest BCUT2D eigenvalue weighted by molar-refractivity contribution is -0.882. The van der Waals surface area contributed by atoms with E-state index in [1.54, 1.807) is 0 Å². The summed E-state index contributed by atoms with van der Waals surface area (Å²) in [7, 11) is 0. The highest BCUT2D eigenvalue weighted by molar-refractivity contribution is 5.80. The van der Waals surface area contributed by atoms with E-state index in [9.17, 15) is 4.79 Å². The van der Waals surface area contributed by atoms with Crippen molar-refractivity contribution >= 4 is 5.78 Å². The van der Waals surface area contributed by atoms with Crippen molar-refractivity contribution < 1.29 is 9.69 Å². The summed E-state index contributed by atoms with van der Waals surface area (Å²) in [5.74, 6) is 1.24. The van der Waals surface area contributed by atoms with Crippen LogP contribution in [-0.4, -0.2) is 25.4 Å². The third kappa shape index (κ3) is 0.874. The number of Topliss-reactive ketones (excluding diaryl/α,β-unsaturated/α-hetero) is 1. The number of carbonyl (C=O) groups is 1. The maximum atomic E-state index is 10.9. The first kappa shape index (κ1) is 5.42. The van der Waals surface area contributed by atoms with Crippen LogP contribution in [-0.2, 0) is 4.79 Å². The van der Waals surface area contributed by atoms with Gasteiger partial charge in [0.1, 0.15) is 6.54 Å². The molecule has 1 unspecified atom stereocenters. The summed E-state index contributed by atoms with van der Waals surface area (Å²) in [5.41, 5.74) is 0. The van der Waals surface area contributed by atoms with E-state index in [-0.39, 0.29) is 0 Å². The van der Waals surface area contributed by atoms with Gasteiger partial charge in [-0.15, -0.1) is 0 Å².